The molecular formula is C28H36N6O3S2. The van der Waals surface area contributed by atoms with Crippen LogP contribution in [0.25, 0.3) is 22.4 Å². The summed E-state index contributed by atoms with van der Waals surface area (Å²) >= 11 is 1.16. The number of nitrogens with one attached hydrogen (secondary N) is 1. The summed E-state index contributed by atoms with van der Waals surface area (Å²) < 4.78 is 30.2. The van der Waals surface area contributed by atoms with Crippen molar-refractivity contribution in [2.24, 2.45) is 7.05 Å². The number of fused-ring (bicyclic) bond motifs is 1. The van der Waals surface area contributed by atoms with Crippen LogP contribution in [0.1, 0.15) is 32.6 Å². The summed E-state index contributed by atoms with van der Waals surface area (Å²) in [6.45, 7) is 3.57. The van der Waals surface area contributed by atoms with Crippen molar-refractivity contribution >= 4 is 44.0 Å². The Morgan fingerprint density at radius 2 is 1.92 bits per heavy atom. The number of aromatic nitrogens is 3. The molecule has 11 heteroatoms. The summed E-state index contributed by atoms with van der Waals surface area (Å²) in [5.74, 6) is 0.372. The molecule has 0 spiro atoms. The van der Waals surface area contributed by atoms with E-state index in [1.807, 2.05) is 36.9 Å². The number of sulfonamides is 1. The van der Waals surface area contributed by atoms with E-state index < -0.39 is 15.9 Å². The number of imidazole rings is 1. The molecule has 0 radical (unpaired) electrons. The van der Waals surface area contributed by atoms with Gasteiger partial charge in [0.2, 0.25) is 5.91 Å². The fourth-order valence-corrected chi connectivity index (χ4v) is 6.95. The fourth-order valence-electron chi connectivity index (χ4n) is 4.42. The molecule has 0 aliphatic heterocycles. The normalized spacial score (nSPS) is 12.0. The molecule has 0 fully saturated rings. The summed E-state index contributed by atoms with van der Waals surface area (Å²) in [4.78, 5) is 24.1. The zero-order valence-corrected chi connectivity index (χ0v) is 24.3. The molecule has 0 atom stereocenters. The first kappa shape index (κ1) is 28.9. The molecule has 4 rings (SSSR count). The fraction of sp³-hybridized carbons (Fsp3) is 0.393. The number of thiophene rings is 1. The maximum absolute atomic E-state index is 13.4. The predicted molar refractivity (Wildman–Crippen MR) is 157 cm³/mol. The number of carbonyl (C=O) groups excluding carboxylic acids is 1. The monoisotopic (exact) mass is 568 g/mol. The average molecular weight is 569 g/mol. The van der Waals surface area contributed by atoms with Crippen molar-refractivity contribution in [3.63, 3.8) is 0 Å². The van der Waals surface area contributed by atoms with E-state index in [2.05, 4.69) is 22.1 Å². The van der Waals surface area contributed by atoms with Crippen molar-refractivity contribution in [3.8, 4) is 11.4 Å². The number of likely N-dealkylation sites (N-methyl/N-ethyl adjacent to an activating group) is 1. The number of hydrogen-bond donors (Lipinski definition) is 1. The molecule has 3 heterocycles. The molecule has 0 unspecified atom stereocenters. The van der Waals surface area contributed by atoms with Gasteiger partial charge in [0.25, 0.3) is 10.0 Å². The van der Waals surface area contributed by atoms with Crippen molar-refractivity contribution in [2.75, 3.05) is 38.5 Å². The van der Waals surface area contributed by atoms with Gasteiger partial charge in [0.1, 0.15) is 10.0 Å². The number of pyridine rings is 1. The van der Waals surface area contributed by atoms with Gasteiger partial charge in [-0.2, -0.15) is 4.31 Å². The van der Waals surface area contributed by atoms with Crippen LogP contribution in [0.5, 0.6) is 0 Å². The van der Waals surface area contributed by atoms with E-state index in [1.54, 1.807) is 42.0 Å². The van der Waals surface area contributed by atoms with E-state index >= 15 is 0 Å². The lowest BCUT2D eigenvalue weighted by Crippen LogP contribution is -2.42. The van der Waals surface area contributed by atoms with Gasteiger partial charge < -0.3 is 14.8 Å². The lowest BCUT2D eigenvalue weighted by atomic mass is 10.2. The molecule has 208 valence electrons. The van der Waals surface area contributed by atoms with Crippen LogP contribution in [0.2, 0.25) is 0 Å². The van der Waals surface area contributed by atoms with Crippen molar-refractivity contribution < 1.29 is 13.2 Å². The molecule has 4 aromatic rings. The minimum atomic E-state index is -3.79. The molecular weight excluding hydrogens is 532 g/mol. The number of hydrogen-bond acceptors (Lipinski definition) is 7. The van der Waals surface area contributed by atoms with E-state index in [4.69, 9.17) is 4.98 Å². The van der Waals surface area contributed by atoms with Gasteiger partial charge in [0.05, 0.1) is 17.6 Å². The molecule has 39 heavy (non-hydrogen) atoms. The third-order valence-electron chi connectivity index (χ3n) is 6.62. The van der Waals surface area contributed by atoms with Crippen LogP contribution in [0.4, 0.5) is 5.69 Å². The minimum Gasteiger partial charge on any atom is -0.327 e. The highest BCUT2D eigenvalue weighted by Gasteiger charge is 2.28. The number of aryl methyl sites for hydroxylation is 1. The maximum atomic E-state index is 13.4. The second-order valence-electron chi connectivity index (χ2n) is 9.62. The van der Waals surface area contributed by atoms with Crippen molar-refractivity contribution in [1.82, 2.24) is 23.7 Å². The van der Waals surface area contributed by atoms with Gasteiger partial charge in [-0.15, -0.1) is 11.3 Å². The molecule has 0 saturated carbocycles. The molecule has 3 aromatic heterocycles. The highest BCUT2D eigenvalue weighted by molar-refractivity contribution is 7.91. The number of unbranched alkanes of at least 4 members (excludes halogenated alkanes) is 3. The molecule has 0 aliphatic carbocycles. The van der Waals surface area contributed by atoms with Gasteiger partial charge in [-0.05, 0) is 61.8 Å². The SMILES string of the molecule is CCCCCCN(C)CCN(CC(=O)Nc1ccc2c(c1)nc(-c1cccnc1)n2C)S(=O)(=O)c1cccs1. The molecule has 1 N–H and O–H groups in total. The Hall–Kier alpha value is -3.12. The van der Waals surface area contributed by atoms with E-state index in [0.717, 1.165) is 53.1 Å². The van der Waals surface area contributed by atoms with Gasteiger partial charge in [-0.1, -0.05) is 32.3 Å². The Morgan fingerprint density at radius 3 is 2.64 bits per heavy atom. The van der Waals surface area contributed by atoms with E-state index in [0.29, 0.717) is 12.2 Å². The first-order valence-corrected chi connectivity index (χ1v) is 15.5. The Labute approximate surface area is 234 Å². The summed E-state index contributed by atoms with van der Waals surface area (Å²) in [7, 11) is 0.130. The number of benzene rings is 1. The lowest BCUT2D eigenvalue weighted by Gasteiger charge is -2.24. The van der Waals surface area contributed by atoms with Gasteiger partial charge in [-0.3, -0.25) is 9.78 Å². The molecule has 0 aliphatic rings. The molecule has 9 nitrogen and oxygen atoms in total. The summed E-state index contributed by atoms with van der Waals surface area (Å²) in [5, 5.41) is 4.60. The van der Waals surface area contributed by atoms with Gasteiger partial charge in [0, 0.05) is 43.8 Å². The minimum absolute atomic E-state index is 0.228. The Balaban J connectivity index is 1.46. The zero-order chi connectivity index (χ0) is 27.8. The van der Waals surface area contributed by atoms with Crippen LogP contribution in [-0.4, -0.2) is 71.3 Å². The van der Waals surface area contributed by atoms with E-state index in [1.165, 1.54) is 17.1 Å². The predicted octanol–water partition coefficient (Wildman–Crippen LogP) is 4.84. The van der Waals surface area contributed by atoms with Gasteiger partial charge in [0.15, 0.2) is 0 Å². The van der Waals surface area contributed by atoms with Crippen molar-refractivity contribution in [2.45, 2.75) is 36.8 Å². The highest BCUT2D eigenvalue weighted by Crippen LogP contribution is 2.26. The Bertz CT molecular complexity index is 1470. The second-order valence-corrected chi connectivity index (χ2v) is 12.7. The van der Waals surface area contributed by atoms with Crippen LogP contribution in [0.3, 0.4) is 0 Å². The first-order valence-electron chi connectivity index (χ1n) is 13.2. The van der Waals surface area contributed by atoms with Gasteiger partial charge in [-0.25, -0.2) is 13.4 Å². The Morgan fingerprint density at radius 1 is 1.08 bits per heavy atom. The first-order chi connectivity index (χ1) is 18.8. The largest absolute Gasteiger partial charge is 0.327 e. The van der Waals surface area contributed by atoms with Gasteiger partial charge >= 0.3 is 0 Å². The number of carbonyl (C=O) groups is 1. The van der Waals surface area contributed by atoms with Crippen LogP contribution < -0.4 is 5.32 Å². The number of nitrogens with zero attached hydrogens (tertiary/aromatic N) is 5. The summed E-state index contributed by atoms with van der Waals surface area (Å²) in [6, 6.07) is 12.6. The molecule has 1 amide bonds. The van der Waals surface area contributed by atoms with Crippen molar-refractivity contribution in [3.05, 3.63) is 60.2 Å². The summed E-state index contributed by atoms with van der Waals surface area (Å²) in [6.07, 6.45) is 8.07. The molecule has 1 aromatic carbocycles. The molecule has 0 saturated heterocycles. The van der Waals surface area contributed by atoms with Crippen LogP contribution >= 0.6 is 11.3 Å². The van der Waals surface area contributed by atoms with E-state index in [-0.39, 0.29) is 17.3 Å². The Kier molecular flexibility index (Phi) is 9.84. The van der Waals surface area contributed by atoms with Crippen LogP contribution in [-0.2, 0) is 21.9 Å². The average Bonchev–Trinajstić information content (AvgIpc) is 3.58. The number of amides is 1. The quantitative estimate of drug-likeness (QED) is 0.219. The number of anilines is 1. The standard InChI is InChI=1S/C28H36N6O3S2/c1-4-5-6-7-15-32(2)16-17-34(39(36,37)27-11-9-18-38-27)21-26(35)30-23-12-13-25-24(19-23)31-28(33(25)3)22-10-8-14-29-20-22/h8-14,18-20H,4-7,15-17,21H2,1-3H3,(H,30,35). The van der Waals surface area contributed by atoms with Crippen molar-refractivity contribution in [1.29, 1.82) is 0 Å². The van der Waals surface area contributed by atoms with Crippen LogP contribution in [0, 0.1) is 0 Å². The lowest BCUT2D eigenvalue weighted by molar-refractivity contribution is -0.116. The molecule has 0 bridgehead atoms. The highest BCUT2D eigenvalue weighted by atomic mass is 32.2. The topological polar surface area (TPSA) is 100 Å². The summed E-state index contributed by atoms with van der Waals surface area (Å²) in [5.41, 5.74) is 3.09. The number of rotatable bonds is 14. The smallest absolute Gasteiger partial charge is 0.253 e. The second kappa shape index (κ2) is 13.3. The van der Waals surface area contributed by atoms with E-state index in [9.17, 15) is 13.2 Å². The zero-order valence-electron chi connectivity index (χ0n) is 22.7. The maximum Gasteiger partial charge on any atom is 0.253 e. The van der Waals surface area contributed by atoms with Crippen LogP contribution in [0.15, 0.2) is 64.4 Å². The third kappa shape index (κ3) is 7.30. The third-order valence-corrected chi connectivity index (χ3v) is 9.84.